The summed E-state index contributed by atoms with van der Waals surface area (Å²) in [6, 6.07) is 8.89. The Hall–Kier alpha value is -3.86. The first kappa shape index (κ1) is 21.4. The molecule has 0 spiro atoms. The van der Waals surface area contributed by atoms with Gasteiger partial charge in [0.15, 0.2) is 0 Å². The Balaban J connectivity index is 1.95. The van der Waals surface area contributed by atoms with Gasteiger partial charge in [0.2, 0.25) is 5.91 Å². The molecular weight excluding hydrogens is 406 g/mol. The van der Waals surface area contributed by atoms with Gasteiger partial charge in [-0.15, -0.1) is 0 Å². The first-order chi connectivity index (χ1) is 13.7. The molecule has 2 amide bonds. The fraction of sp³-hybridized carbons (Fsp3) is 0.118. The highest BCUT2D eigenvalue weighted by atomic mass is 35.5. The monoisotopic (exact) mass is 419 g/mol. The van der Waals surface area contributed by atoms with E-state index >= 15 is 0 Å². The van der Waals surface area contributed by atoms with E-state index in [0.717, 1.165) is 12.1 Å². The summed E-state index contributed by atoms with van der Waals surface area (Å²) in [5.74, 6) is -1.15. The molecule has 0 atom stereocenters. The first-order valence-electron chi connectivity index (χ1n) is 7.99. The van der Waals surface area contributed by atoms with Crippen LogP contribution in [0.4, 0.5) is 17.1 Å². The van der Waals surface area contributed by atoms with Crippen LogP contribution in [0.15, 0.2) is 47.6 Å². The van der Waals surface area contributed by atoms with E-state index in [1.807, 2.05) is 0 Å². The van der Waals surface area contributed by atoms with Crippen molar-refractivity contribution < 1.29 is 19.4 Å². The van der Waals surface area contributed by atoms with Gasteiger partial charge in [0.05, 0.1) is 16.3 Å². The van der Waals surface area contributed by atoms with Crippen LogP contribution in [-0.4, -0.2) is 27.4 Å². The Labute approximate surface area is 168 Å². The molecule has 0 saturated heterocycles. The quantitative estimate of drug-likeness (QED) is 0.398. The molecule has 0 radical (unpaired) electrons. The van der Waals surface area contributed by atoms with Crippen molar-refractivity contribution in [2.75, 3.05) is 5.32 Å². The topological polar surface area (TPSA) is 157 Å². The molecule has 2 aromatic rings. The second-order valence-corrected chi connectivity index (χ2v) is 6.15. The van der Waals surface area contributed by atoms with Crippen molar-refractivity contribution in [3.63, 3.8) is 0 Å². The van der Waals surface area contributed by atoms with Crippen molar-refractivity contribution in [1.29, 1.82) is 0 Å². The van der Waals surface area contributed by atoms with Crippen molar-refractivity contribution in [1.82, 2.24) is 5.43 Å². The molecule has 0 heterocycles. The van der Waals surface area contributed by atoms with E-state index in [4.69, 9.17) is 11.6 Å². The Morgan fingerprint density at radius 1 is 1.10 bits per heavy atom. The van der Waals surface area contributed by atoms with Crippen LogP contribution in [0, 0.1) is 20.2 Å². The number of nitrogens with one attached hydrogen (secondary N) is 2. The van der Waals surface area contributed by atoms with Crippen LogP contribution in [-0.2, 0) is 4.79 Å². The third-order valence-corrected chi connectivity index (χ3v) is 3.81. The molecule has 29 heavy (non-hydrogen) atoms. The number of hydrogen-bond donors (Lipinski definition) is 2. The van der Waals surface area contributed by atoms with Gasteiger partial charge in [-0.05, 0) is 25.1 Å². The number of carbonyl (C=O) groups excluding carboxylic acids is 2. The molecule has 0 aromatic heterocycles. The summed E-state index contributed by atoms with van der Waals surface area (Å²) in [7, 11) is 0. The van der Waals surface area contributed by atoms with E-state index < -0.39 is 21.7 Å². The van der Waals surface area contributed by atoms with Crippen LogP contribution < -0.4 is 10.7 Å². The van der Waals surface area contributed by atoms with Gasteiger partial charge in [-0.1, -0.05) is 17.7 Å². The number of hydrazone groups is 1. The minimum absolute atomic E-state index is 0.0539. The molecule has 0 unspecified atom stereocenters. The Kier molecular flexibility index (Phi) is 6.93. The number of benzene rings is 2. The van der Waals surface area contributed by atoms with Crippen molar-refractivity contribution in [2.45, 2.75) is 13.3 Å². The van der Waals surface area contributed by atoms with Crippen molar-refractivity contribution in [3.05, 3.63) is 73.3 Å². The number of non-ortho nitro benzene ring substituents is 1. The Bertz CT molecular complexity index is 1020. The Morgan fingerprint density at radius 3 is 2.45 bits per heavy atom. The highest BCUT2D eigenvalue weighted by Crippen LogP contribution is 2.24. The SMILES string of the molecule is CC(CC(=O)Nc1cccc([N+](=O)[O-])c1)=NNC(=O)c1ccc([N+](=O)[O-])c(Cl)c1. The molecule has 12 heteroatoms. The summed E-state index contributed by atoms with van der Waals surface area (Å²) >= 11 is 5.76. The van der Waals surface area contributed by atoms with Gasteiger partial charge < -0.3 is 5.32 Å². The van der Waals surface area contributed by atoms with Crippen molar-refractivity contribution in [3.8, 4) is 0 Å². The minimum Gasteiger partial charge on any atom is -0.326 e. The number of nitro groups is 2. The number of halogens is 1. The normalized spacial score (nSPS) is 10.9. The Morgan fingerprint density at radius 2 is 1.83 bits per heavy atom. The molecule has 2 aromatic carbocycles. The fourth-order valence-corrected chi connectivity index (χ4v) is 2.43. The molecule has 2 rings (SSSR count). The van der Waals surface area contributed by atoms with Crippen molar-refractivity contribution >= 4 is 46.2 Å². The standard InChI is InChI=1S/C17H14ClN5O6/c1-10(7-16(24)19-12-3-2-4-13(9-12)22(26)27)20-21-17(25)11-5-6-15(23(28)29)14(18)8-11/h2-6,8-9H,7H2,1H3,(H,19,24)(H,21,25). The fourth-order valence-electron chi connectivity index (χ4n) is 2.18. The minimum atomic E-state index is -0.674. The van der Waals surface area contributed by atoms with Gasteiger partial charge in [0.1, 0.15) is 5.02 Å². The summed E-state index contributed by atoms with van der Waals surface area (Å²) in [5, 5.41) is 27.6. The zero-order valence-electron chi connectivity index (χ0n) is 14.9. The molecule has 150 valence electrons. The predicted octanol–water partition coefficient (Wildman–Crippen LogP) is 3.29. The highest BCUT2D eigenvalue weighted by molar-refractivity contribution is 6.33. The van der Waals surface area contributed by atoms with Crippen LogP contribution in [0.25, 0.3) is 0 Å². The molecule has 0 fully saturated rings. The predicted molar refractivity (Wildman–Crippen MR) is 105 cm³/mol. The van der Waals surface area contributed by atoms with Crippen molar-refractivity contribution in [2.24, 2.45) is 5.10 Å². The smallest absolute Gasteiger partial charge is 0.287 e. The maximum absolute atomic E-state index is 12.0. The highest BCUT2D eigenvalue weighted by Gasteiger charge is 2.15. The lowest BCUT2D eigenvalue weighted by Crippen LogP contribution is -2.21. The molecule has 0 bridgehead atoms. The zero-order chi connectivity index (χ0) is 21.6. The maximum Gasteiger partial charge on any atom is 0.287 e. The molecule has 0 aliphatic rings. The molecule has 2 N–H and O–H groups in total. The number of carbonyl (C=O) groups is 2. The van der Waals surface area contributed by atoms with Crippen LogP contribution in [0.3, 0.4) is 0 Å². The van der Waals surface area contributed by atoms with Gasteiger partial charge in [-0.2, -0.15) is 5.10 Å². The van der Waals surface area contributed by atoms with Crippen LogP contribution in [0.1, 0.15) is 23.7 Å². The van der Waals surface area contributed by atoms with E-state index in [9.17, 15) is 29.8 Å². The summed E-state index contributed by atoms with van der Waals surface area (Å²) < 4.78 is 0. The lowest BCUT2D eigenvalue weighted by molar-refractivity contribution is -0.384. The average molecular weight is 420 g/mol. The number of rotatable bonds is 7. The molecule has 0 aliphatic carbocycles. The number of hydrogen-bond acceptors (Lipinski definition) is 7. The number of anilines is 1. The lowest BCUT2D eigenvalue weighted by Gasteiger charge is -2.06. The molecule has 0 saturated carbocycles. The van der Waals surface area contributed by atoms with Crippen LogP contribution >= 0.6 is 11.6 Å². The van der Waals surface area contributed by atoms with Gasteiger partial charge in [-0.3, -0.25) is 29.8 Å². The van der Waals surface area contributed by atoms with E-state index in [1.165, 1.54) is 37.3 Å². The third-order valence-electron chi connectivity index (χ3n) is 3.51. The van der Waals surface area contributed by atoms with Crippen LogP contribution in [0.2, 0.25) is 5.02 Å². The number of amides is 2. The second kappa shape index (κ2) is 9.37. The van der Waals surface area contributed by atoms with E-state index in [0.29, 0.717) is 0 Å². The first-order valence-corrected chi connectivity index (χ1v) is 8.37. The van der Waals surface area contributed by atoms with E-state index in [2.05, 4.69) is 15.8 Å². The number of nitrogens with zero attached hydrogens (tertiary/aromatic N) is 3. The second-order valence-electron chi connectivity index (χ2n) is 5.74. The lowest BCUT2D eigenvalue weighted by atomic mass is 10.2. The third kappa shape index (κ3) is 6.07. The number of nitro benzene ring substituents is 2. The molecule has 0 aliphatic heterocycles. The summed E-state index contributed by atoms with van der Waals surface area (Å²) in [6.45, 7) is 1.50. The van der Waals surface area contributed by atoms with E-state index in [1.54, 1.807) is 0 Å². The summed E-state index contributed by atoms with van der Waals surface area (Å²) in [4.78, 5) is 44.3. The summed E-state index contributed by atoms with van der Waals surface area (Å²) in [6.07, 6.45) is -0.177. The van der Waals surface area contributed by atoms with E-state index in [-0.39, 0.29) is 39.8 Å². The van der Waals surface area contributed by atoms with Gasteiger partial charge >= 0.3 is 0 Å². The van der Waals surface area contributed by atoms with Gasteiger partial charge in [-0.25, -0.2) is 5.43 Å². The van der Waals surface area contributed by atoms with Crippen LogP contribution in [0.5, 0.6) is 0 Å². The molecular formula is C17H14ClN5O6. The maximum atomic E-state index is 12.0. The zero-order valence-corrected chi connectivity index (χ0v) is 15.7. The largest absolute Gasteiger partial charge is 0.326 e. The van der Waals surface area contributed by atoms with Gasteiger partial charge in [0, 0.05) is 35.2 Å². The summed E-state index contributed by atoms with van der Waals surface area (Å²) in [5.41, 5.74) is 2.29. The van der Waals surface area contributed by atoms with Gasteiger partial charge in [0.25, 0.3) is 17.3 Å². The molecule has 11 nitrogen and oxygen atoms in total. The average Bonchev–Trinajstić information content (AvgIpc) is 2.65.